The Kier molecular flexibility index (Phi) is 8.78. The number of amides is 1. The number of rotatable bonds is 7. The van der Waals surface area contributed by atoms with Crippen LogP contribution in [0.25, 0.3) is 27.7 Å². The number of piperidine rings is 1. The molecule has 6 rings (SSSR count). The standard InChI is InChI=1S/C36H40ClF2N5O3/c1-7-21-13-14-40-30(19(2)3)31(21)44-32-22(17-23(37)27(29(32)39)28-24(38)9-8-10-26(28)45)33-34(36(44)47)42(16-15-41(5)6)35(46)25-12-11-20(4)18-43(25)33/h8-10,13-14,17,19-20,25,45H,7,11-12,15-16,18H2,1-6H3/t20-,25+/m0/s1. The average Bonchev–Trinajstić information content (AvgIpc) is 3.02. The summed E-state index contributed by atoms with van der Waals surface area (Å²) >= 11 is 6.86. The SMILES string of the molecule is CCc1ccnc(C(C)C)c1-n1c(=O)c2c(c3cc(Cl)c(-c4c(O)cccc4F)c(F)c31)N1C[C@@H](C)CC[C@@H]1C(=O)N2CCN(C)C. The molecule has 0 radical (unpaired) electrons. The van der Waals surface area contributed by atoms with Crippen LogP contribution in [0.1, 0.15) is 57.7 Å². The number of hydrogen-bond acceptors (Lipinski definition) is 6. The maximum absolute atomic E-state index is 17.5. The molecule has 1 N–H and O–H groups in total. The summed E-state index contributed by atoms with van der Waals surface area (Å²) in [6.07, 6.45) is 3.59. The number of phenolic OH excluding ortho intramolecular Hbond substituents is 1. The molecule has 4 heterocycles. The van der Waals surface area contributed by atoms with Crippen molar-refractivity contribution in [1.82, 2.24) is 14.5 Å². The average molecular weight is 664 g/mol. The van der Waals surface area contributed by atoms with Gasteiger partial charge in [-0.15, -0.1) is 0 Å². The summed E-state index contributed by atoms with van der Waals surface area (Å²) in [7, 11) is 3.80. The second-order valence-corrected chi connectivity index (χ2v) is 13.7. The Morgan fingerprint density at radius 1 is 1.09 bits per heavy atom. The minimum Gasteiger partial charge on any atom is -0.507 e. The van der Waals surface area contributed by atoms with Crippen LogP contribution in [0.4, 0.5) is 20.2 Å². The zero-order valence-electron chi connectivity index (χ0n) is 27.6. The molecular weight excluding hydrogens is 624 g/mol. The van der Waals surface area contributed by atoms with Crippen molar-refractivity contribution in [3.8, 4) is 22.6 Å². The van der Waals surface area contributed by atoms with Crippen LogP contribution in [0.2, 0.25) is 5.02 Å². The van der Waals surface area contributed by atoms with Gasteiger partial charge in [-0.2, -0.15) is 0 Å². The lowest BCUT2D eigenvalue weighted by Crippen LogP contribution is -2.59. The number of phenols is 1. The molecule has 1 amide bonds. The van der Waals surface area contributed by atoms with E-state index < -0.39 is 34.5 Å². The fourth-order valence-electron chi connectivity index (χ4n) is 7.13. The van der Waals surface area contributed by atoms with Crippen LogP contribution in [-0.2, 0) is 11.2 Å². The summed E-state index contributed by atoms with van der Waals surface area (Å²) in [4.78, 5) is 39.6. The highest BCUT2D eigenvalue weighted by molar-refractivity contribution is 6.35. The molecular formula is C36H40ClF2N5O3. The van der Waals surface area contributed by atoms with Gasteiger partial charge in [0.05, 0.1) is 33.2 Å². The van der Waals surface area contributed by atoms with Gasteiger partial charge in [0.15, 0.2) is 5.82 Å². The molecule has 2 aromatic heterocycles. The highest BCUT2D eigenvalue weighted by atomic mass is 35.5. The van der Waals surface area contributed by atoms with Gasteiger partial charge in [-0.05, 0) is 75.0 Å². The summed E-state index contributed by atoms with van der Waals surface area (Å²) in [5.41, 5.74) is 0.906. The summed E-state index contributed by atoms with van der Waals surface area (Å²) < 4.78 is 34.2. The normalized spacial score (nSPS) is 18.0. The smallest absolute Gasteiger partial charge is 0.281 e. The van der Waals surface area contributed by atoms with Gasteiger partial charge in [0, 0.05) is 36.8 Å². The topological polar surface area (TPSA) is 81.9 Å². The van der Waals surface area contributed by atoms with Crippen LogP contribution in [0.3, 0.4) is 0 Å². The number of fused-ring (bicyclic) bond motifs is 5. The van der Waals surface area contributed by atoms with E-state index in [1.807, 2.05) is 44.7 Å². The van der Waals surface area contributed by atoms with Gasteiger partial charge in [-0.25, -0.2) is 8.78 Å². The molecule has 2 aliphatic rings. The summed E-state index contributed by atoms with van der Waals surface area (Å²) in [6.45, 7) is 9.16. The van der Waals surface area contributed by atoms with E-state index in [1.165, 1.54) is 16.7 Å². The maximum atomic E-state index is 17.5. The Morgan fingerprint density at radius 3 is 2.49 bits per heavy atom. The molecule has 11 heteroatoms. The van der Waals surface area contributed by atoms with Gasteiger partial charge in [0.2, 0.25) is 5.91 Å². The fraction of sp³-hybridized carbons (Fsp3) is 0.417. The van der Waals surface area contributed by atoms with Crippen LogP contribution in [0.5, 0.6) is 5.75 Å². The van der Waals surface area contributed by atoms with E-state index in [1.54, 1.807) is 23.2 Å². The van der Waals surface area contributed by atoms with Crippen molar-refractivity contribution in [3.63, 3.8) is 0 Å². The molecule has 248 valence electrons. The Hall–Kier alpha value is -4.02. The van der Waals surface area contributed by atoms with E-state index in [4.69, 9.17) is 11.6 Å². The van der Waals surface area contributed by atoms with Crippen LogP contribution in [0.15, 0.2) is 41.3 Å². The lowest BCUT2D eigenvalue weighted by atomic mass is 9.89. The number of pyridine rings is 2. The van der Waals surface area contributed by atoms with E-state index in [0.717, 1.165) is 18.1 Å². The number of halogens is 3. The fourth-order valence-corrected chi connectivity index (χ4v) is 7.41. The monoisotopic (exact) mass is 663 g/mol. The first-order valence-corrected chi connectivity index (χ1v) is 16.5. The maximum Gasteiger partial charge on any atom is 0.281 e. The predicted octanol–water partition coefficient (Wildman–Crippen LogP) is 6.89. The molecule has 2 aliphatic heterocycles. The van der Waals surface area contributed by atoms with Crippen molar-refractivity contribution in [1.29, 1.82) is 0 Å². The van der Waals surface area contributed by atoms with Crippen molar-refractivity contribution in [2.45, 2.75) is 58.9 Å². The van der Waals surface area contributed by atoms with Crippen LogP contribution in [0, 0.1) is 17.6 Å². The molecule has 0 bridgehead atoms. The molecule has 1 fully saturated rings. The minimum atomic E-state index is -0.952. The van der Waals surface area contributed by atoms with Gasteiger partial charge < -0.3 is 19.8 Å². The van der Waals surface area contributed by atoms with E-state index in [-0.39, 0.29) is 46.1 Å². The van der Waals surface area contributed by atoms with Gasteiger partial charge in [-0.3, -0.25) is 19.1 Å². The van der Waals surface area contributed by atoms with E-state index in [0.29, 0.717) is 48.4 Å². The second-order valence-electron chi connectivity index (χ2n) is 13.3. The number of aromatic hydroxyl groups is 1. The number of likely N-dealkylation sites (N-methyl/N-ethyl adjacent to an activating group) is 1. The minimum absolute atomic E-state index is 0.112. The van der Waals surface area contributed by atoms with Crippen LogP contribution >= 0.6 is 11.6 Å². The van der Waals surface area contributed by atoms with Gasteiger partial charge in [0.25, 0.3) is 5.56 Å². The molecule has 2 aromatic carbocycles. The summed E-state index contributed by atoms with van der Waals surface area (Å²) in [5, 5.41) is 10.9. The summed E-state index contributed by atoms with van der Waals surface area (Å²) in [6, 6.07) is 6.52. The number of hydrogen-bond donors (Lipinski definition) is 1. The molecule has 1 saturated heterocycles. The lowest BCUT2D eigenvalue weighted by molar-refractivity contribution is -0.120. The molecule has 0 saturated carbocycles. The third-order valence-electron chi connectivity index (χ3n) is 9.43. The highest BCUT2D eigenvalue weighted by Gasteiger charge is 2.44. The predicted molar refractivity (Wildman–Crippen MR) is 183 cm³/mol. The Balaban J connectivity index is 1.85. The van der Waals surface area contributed by atoms with Crippen molar-refractivity contribution in [2.24, 2.45) is 5.92 Å². The number of nitrogens with zero attached hydrogens (tertiary/aromatic N) is 5. The van der Waals surface area contributed by atoms with E-state index in [2.05, 4.69) is 11.9 Å². The lowest BCUT2D eigenvalue weighted by Gasteiger charge is -2.47. The van der Waals surface area contributed by atoms with Crippen molar-refractivity contribution < 1.29 is 18.7 Å². The van der Waals surface area contributed by atoms with E-state index >= 15 is 13.6 Å². The van der Waals surface area contributed by atoms with Crippen LogP contribution in [-0.4, -0.2) is 65.2 Å². The molecule has 4 aromatic rings. The molecule has 2 atom stereocenters. The van der Waals surface area contributed by atoms with Gasteiger partial charge in [0.1, 0.15) is 23.3 Å². The summed E-state index contributed by atoms with van der Waals surface area (Å²) in [5.74, 6) is -2.41. The molecule has 0 unspecified atom stereocenters. The number of aryl methyl sites for hydroxylation is 1. The number of anilines is 2. The molecule has 47 heavy (non-hydrogen) atoms. The largest absolute Gasteiger partial charge is 0.507 e. The quantitative estimate of drug-likeness (QED) is 0.232. The van der Waals surface area contributed by atoms with Crippen molar-refractivity contribution in [3.05, 3.63) is 74.8 Å². The van der Waals surface area contributed by atoms with E-state index in [9.17, 15) is 9.90 Å². The molecule has 0 aliphatic carbocycles. The zero-order chi connectivity index (χ0) is 33.9. The Morgan fingerprint density at radius 2 is 1.83 bits per heavy atom. The third-order valence-corrected chi connectivity index (χ3v) is 9.72. The number of carbonyl (C=O) groups excluding carboxylic acids is 1. The first kappa shape index (κ1) is 32.9. The first-order valence-electron chi connectivity index (χ1n) is 16.2. The Labute approximate surface area is 278 Å². The number of aromatic nitrogens is 2. The first-order chi connectivity index (χ1) is 22.4. The molecule has 8 nitrogen and oxygen atoms in total. The van der Waals surface area contributed by atoms with Crippen molar-refractivity contribution in [2.75, 3.05) is 43.5 Å². The number of benzene rings is 2. The third kappa shape index (κ3) is 5.35. The second kappa shape index (κ2) is 12.5. The van der Waals surface area contributed by atoms with Gasteiger partial charge in [-0.1, -0.05) is 45.4 Å². The highest BCUT2D eigenvalue weighted by Crippen LogP contribution is 2.48. The molecule has 0 spiro atoms. The van der Waals surface area contributed by atoms with Crippen LogP contribution < -0.4 is 15.4 Å². The van der Waals surface area contributed by atoms with Gasteiger partial charge >= 0.3 is 0 Å². The van der Waals surface area contributed by atoms with Crippen molar-refractivity contribution >= 4 is 39.8 Å². The Bertz CT molecular complexity index is 1940. The number of carbonyl (C=O) groups is 1. The zero-order valence-corrected chi connectivity index (χ0v) is 28.3.